The summed E-state index contributed by atoms with van der Waals surface area (Å²) in [7, 11) is -4.22. The number of furan rings is 1. The molecule has 29 heavy (non-hydrogen) atoms. The van der Waals surface area contributed by atoms with Crippen LogP contribution in [0.3, 0.4) is 0 Å². The quantitative estimate of drug-likeness (QED) is 0.409. The van der Waals surface area contributed by atoms with Crippen molar-refractivity contribution in [1.82, 2.24) is 8.87 Å². The fourth-order valence-corrected chi connectivity index (χ4v) is 4.58. The molecule has 0 aliphatic rings. The summed E-state index contributed by atoms with van der Waals surface area (Å²) in [6.45, 7) is -0.398. The lowest BCUT2D eigenvalue weighted by Crippen LogP contribution is -2.37. The number of nitrogens with zero attached hydrogens (tertiary/aromatic N) is 3. The number of sulfonamides is 1. The molecule has 0 saturated carbocycles. The third kappa shape index (κ3) is 4.21. The minimum absolute atomic E-state index is 0.0146. The fraction of sp³-hybridized carbons (Fsp3) is 0.278. The number of nitro benzene ring substituents is 1. The van der Waals surface area contributed by atoms with E-state index < -0.39 is 31.1 Å². The first-order valence-corrected chi connectivity index (χ1v) is 10.2. The van der Waals surface area contributed by atoms with Crippen LogP contribution in [0, 0.1) is 10.1 Å². The van der Waals surface area contributed by atoms with E-state index >= 15 is 0 Å². The summed E-state index contributed by atoms with van der Waals surface area (Å²) in [4.78, 5) is 22.5. The van der Waals surface area contributed by atoms with Crippen LogP contribution in [-0.4, -0.2) is 47.0 Å². The van der Waals surface area contributed by atoms with Crippen molar-refractivity contribution in [2.75, 3.05) is 19.7 Å². The third-order valence-electron chi connectivity index (χ3n) is 4.42. The molecule has 3 aromatic rings. The predicted molar refractivity (Wildman–Crippen MR) is 104 cm³/mol. The minimum atomic E-state index is -4.22. The molecule has 11 heteroatoms. The van der Waals surface area contributed by atoms with Gasteiger partial charge in [0.05, 0.1) is 11.2 Å². The molecule has 2 heterocycles. The molecule has 2 aromatic heterocycles. The second kappa shape index (κ2) is 8.55. The highest BCUT2D eigenvalue weighted by atomic mass is 32.2. The van der Waals surface area contributed by atoms with Gasteiger partial charge in [-0.1, -0.05) is 12.1 Å². The van der Waals surface area contributed by atoms with Crippen LogP contribution >= 0.6 is 0 Å². The van der Waals surface area contributed by atoms with E-state index in [4.69, 9.17) is 9.52 Å². The first-order chi connectivity index (χ1) is 13.9. The van der Waals surface area contributed by atoms with Crippen molar-refractivity contribution >= 4 is 26.7 Å². The molecular formula is C18H19N3O7S. The number of hydrogen-bond acceptors (Lipinski definition) is 7. The Morgan fingerprint density at radius 2 is 1.93 bits per heavy atom. The summed E-state index contributed by atoms with van der Waals surface area (Å²) in [6, 6.07) is 8.39. The van der Waals surface area contributed by atoms with E-state index in [-0.39, 0.29) is 38.2 Å². The van der Waals surface area contributed by atoms with Crippen LogP contribution in [0.5, 0.6) is 0 Å². The van der Waals surface area contributed by atoms with Crippen LogP contribution < -0.4 is 5.56 Å². The zero-order chi connectivity index (χ0) is 21.0. The highest BCUT2D eigenvalue weighted by Crippen LogP contribution is 2.26. The smallest absolute Gasteiger partial charge is 0.294 e. The van der Waals surface area contributed by atoms with Crippen molar-refractivity contribution in [3.8, 4) is 0 Å². The number of para-hydroxylation sites is 1. The van der Waals surface area contributed by atoms with Gasteiger partial charge in [0.2, 0.25) is 10.0 Å². The molecule has 0 atom stereocenters. The molecule has 0 amide bonds. The molecule has 10 nitrogen and oxygen atoms in total. The van der Waals surface area contributed by atoms with Gasteiger partial charge < -0.3 is 14.1 Å². The molecule has 0 fully saturated rings. The monoisotopic (exact) mass is 421 g/mol. The van der Waals surface area contributed by atoms with Gasteiger partial charge in [0.1, 0.15) is 0 Å². The second-order valence-corrected chi connectivity index (χ2v) is 8.13. The second-order valence-electron chi connectivity index (χ2n) is 6.23. The minimum Gasteiger partial charge on any atom is -0.459 e. The van der Waals surface area contributed by atoms with Crippen LogP contribution in [-0.2, 0) is 16.6 Å². The van der Waals surface area contributed by atoms with Crippen LogP contribution in [0.4, 0.5) is 5.69 Å². The van der Waals surface area contributed by atoms with Crippen LogP contribution in [0.1, 0.15) is 6.42 Å². The maximum absolute atomic E-state index is 13.1. The maximum atomic E-state index is 13.1. The molecule has 0 aliphatic carbocycles. The summed E-state index contributed by atoms with van der Waals surface area (Å²) in [5, 5.41) is 21.0. The van der Waals surface area contributed by atoms with Gasteiger partial charge in [0.15, 0.2) is 10.5 Å². The molecule has 0 radical (unpaired) electrons. The number of aliphatic hydroxyl groups excluding tert-OH is 1. The summed E-state index contributed by atoms with van der Waals surface area (Å²) in [6.07, 6.45) is 3.07. The van der Waals surface area contributed by atoms with E-state index in [2.05, 4.69) is 0 Å². The number of aromatic nitrogens is 1. The standard InChI is InChI=1S/C18H19N3O7S/c22-12-3-8-20(29(26,27)16-5-2-1-4-15(16)21(24)25)11-10-19-9-6-14-7-13-28-17(14)18(19)23/h1-2,4-7,9,13,22H,3,8,10-12H2. The van der Waals surface area contributed by atoms with Crippen LogP contribution in [0.25, 0.3) is 11.0 Å². The predicted octanol–water partition coefficient (Wildman–Crippen LogP) is 1.58. The lowest BCUT2D eigenvalue weighted by molar-refractivity contribution is -0.387. The third-order valence-corrected chi connectivity index (χ3v) is 6.37. The van der Waals surface area contributed by atoms with Crippen molar-refractivity contribution in [2.45, 2.75) is 17.9 Å². The SMILES string of the molecule is O=c1c2occc2ccn1CCN(CCCO)S(=O)(=O)c1ccccc1[N+](=O)[O-]. The molecule has 154 valence electrons. The van der Waals surface area contributed by atoms with E-state index in [1.807, 2.05) is 0 Å². The van der Waals surface area contributed by atoms with Crippen molar-refractivity contribution in [3.05, 3.63) is 69.3 Å². The maximum Gasteiger partial charge on any atom is 0.294 e. The molecular weight excluding hydrogens is 402 g/mol. The largest absolute Gasteiger partial charge is 0.459 e. The molecule has 0 aliphatic heterocycles. The van der Waals surface area contributed by atoms with Gasteiger partial charge in [-0.05, 0) is 24.6 Å². The first-order valence-electron chi connectivity index (χ1n) is 8.77. The number of benzene rings is 1. The summed E-state index contributed by atoms with van der Waals surface area (Å²) in [5.74, 6) is 0. The molecule has 0 unspecified atom stereocenters. The van der Waals surface area contributed by atoms with Gasteiger partial charge in [0, 0.05) is 43.9 Å². The van der Waals surface area contributed by atoms with Gasteiger partial charge in [-0.2, -0.15) is 4.31 Å². The van der Waals surface area contributed by atoms with Gasteiger partial charge >= 0.3 is 0 Å². The number of rotatable bonds is 9. The van der Waals surface area contributed by atoms with E-state index in [0.29, 0.717) is 5.39 Å². The molecule has 1 N–H and O–H groups in total. The average molecular weight is 421 g/mol. The Bertz CT molecular complexity index is 1180. The number of aliphatic hydroxyl groups is 1. The van der Waals surface area contributed by atoms with Crippen molar-refractivity contribution in [1.29, 1.82) is 0 Å². The van der Waals surface area contributed by atoms with Gasteiger partial charge in [-0.25, -0.2) is 8.42 Å². The molecule has 0 saturated heterocycles. The van der Waals surface area contributed by atoms with Gasteiger partial charge in [-0.3, -0.25) is 14.9 Å². The fourth-order valence-electron chi connectivity index (χ4n) is 2.95. The van der Waals surface area contributed by atoms with Crippen molar-refractivity contribution < 1.29 is 22.9 Å². The molecule has 0 bridgehead atoms. The Labute approximate surface area is 165 Å². The summed E-state index contributed by atoms with van der Waals surface area (Å²) >= 11 is 0. The van der Waals surface area contributed by atoms with Crippen LogP contribution in [0.2, 0.25) is 0 Å². The highest BCUT2D eigenvalue weighted by molar-refractivity contribution is 7.89. The first kappa shape index (κ1) is 20.7. The van der Waals surface area contributed by atoms with Crippen molar-refractivity contribution in [2.24, 2.45) is 0 Å². The number of hydrogen-bond donors (Lipinski definition) is 1. The van der Waals surface area contributed by atoms with E-state index in [9.17, 15) is 23.3 Å². The Balaban J connectivity index is 1.92. The average Bonchev–Trinajstić information content (AvgIpc) is 3.19. The van der Waals surface area contributed by atoms with Crippen molar-refractivity contribution in [3.63, 3.8) is 0 Å². The van der Waals surface area contributed by atoms with Gasteiger partial charge in [-0.15, -0.1) is 0 Å². The zero-order valence-electron chi connectivity index (χ0n) is 15.3. The topological polar surface area (TPSA) is 136 Å². The Hall–Kier alpha value is -3.02. The Morgan fingerprint density at radius 3 is 2.66 bits per heavy atom. The van der Waals surface area contributed by atoms with E-state index in [1.165, 1.54) is 35.2 Å². The summed E-state index contributed by atoms with van der Waals surface area (Å²) < 4.78 is 33.7. The number of fused-ring (bicyclic) bond motifs is 1. The molecule has 0 spiro atoms. The lowest BCUT2D eigenvalue weighted by atomic mass is 10.3. The Kier molecular flexibility index (Phi) is 6.11. The van der Waals surface area contributed by atoms with Crippen LogP contribution in [0.15, 0.2) is 63.0 Å². The number of pyridine rings is 1. The van der Waals surface area contributed by atoms with E-state index in [1.54, 1.807) is 12.1 Å². The Morgan fingerprint density at radius 1 is 1.17 bits per heavy atom. The number of nitro groups is 1. The zero-order valence-corrected chi connectivity index (χ0v) is 16.1. The summed E-state index contributed by atoms with van der Waals surface area (Å²) in [5.41, 5.74) is -0.774. The lowest BCUT2D eigenvalue weighted by Gasteiger charge is -2.22. The molecule has 3 rings (SSSR count). The van der Waals surface area contributed by atoms with E-state index in [0.717, 1.165) is 10.4 Å². The normalized spacial score (nSPS) is 11.9. The molecule has 1 aromatic carbocycles. The van der Waals surface area contributed by atoms with Gasteiger partial charge in [0.25, 0.3) is 11.2 Å². The highest BCUT2D eigenvalue weighted by Gasteiger charge is 2.31.